The average Bonchev–Trinajstić information content (AvgIpc) is 3.09. The predicted molar refractivity (Wildman–Crippen MR) is 103 cm³/mol. The number of esters is 1. The fourth-order valence-electron chi connectivity index (χ4n) is 2.94. The number of rotatable bonds is 6. The largest absolute Gasteiger partial charge is 0.454 e. The van der Waals surface area contributed by atoms with Gasteiger partial charge in [-0.15, -0.1) is 0 Å². The summed E-state index contributed by atoms with van der Waals surface area (Å²) in [4.78, 5) is 24.4. The summed E-state index contributed by atoms with van der Waals surface area (Å²) in [6, 6.07) is 7.94. The maximum atomic E-state index is 13.0. The van der Waals surface area contributed by atoms with E-state index >= 15 is 0 Å². The zero-order valence-corrected chi connectivity index (χ0v) is 16.5. The summed E-state index contributed by atoms with van der Waals surface area (Å²) in [7, 11) is -3.36. The van der Waals surface area contributed by atoms with Crippen LogP contribution in [-0.4, -0.2) is 39.1 Å². The fraction of sp³-hybridized carbons (Fsp3) is 0.263. The van der Waals surface area contributed by atoms with Crippen molar-refractivity contribution in [1.82, 2.24) is 0 Å². The molecule has 0 saturated carbocycles. The number of hydrogen-bond acceptors (Lipinski definition) is 5. The Bertz CT molecular complexity index is 1050. The number of halogens is 2. The summed E-state index contributed by atoms with van der Waals surface area (Å²) in [5.41, 5.74) is 1.59. The van der Waals surface area contributed by atoms with Crippen molar-refractivity contribution >= 4 is 39.1 Å². The number of hydrogen-bond donors (Lipinski definition) is 0. The second-order valence-corrected chi connectivity index (χ2v) is 8.78. The van der Waals surface area contributed by atoms with Gasteiger partial charge in [0.15, 0.2) is 12.4 Å². The van der Waals surface area contributed by atoms with E-state index in [0.29, 0.717) is 24.2 Å². The molecule has 0 aromatic heterocycles. The van der Waals surface area contributed by atoms with E-state index in [0.717, 1.165) is 17.7 Å². The summed E-state index contributed by atoms with van der Waals surface area (Å²) in [6.45, 7) is 1.40. The summed E-state index contributed by atoms with van der Waals surface area (Å²) in [5.74, 6) is -1.87. The summed E-state index contributed by atoms with van der Waals surface area (Å²) in [6.07, 6.45) is 0.501. The van der Waals surface area contributed by atoms with Gasteiger partial charge < -0.3 is 4.74 Å². The molecule has 0 aliphatic carbocycles. The lowest BCUT2D eigenvalue weighted by atomic mass is 10.1. The van der Waals surface area contributed by atoms with Crippen LogP contribution in [0.2, 0.25) is 5.02 Å². The van der Waals surface area contributed by atoms with E-state index in [1.807, 2.05) is 0 Å². The lowest BCUT2D eigenvalue weighted by Gasteiger charge is -2.18. The molecule has 0 saturated heterocycles. The van der Waals surface area contributed by atoms with Crippen LogP contribution in [0.3, 0.4) is 0 Å². The lowest BCUT2D eigenvalue weighted by Crippen LogP contribution is -2.30. The second kappa shape index (κ2) is 7.89. The summed E-state index contributed by atoms with van der Waals surface area (Å²) < 4.78 is 43.6. The van der Waals surface area contributed by atoms with Crippen molar-refractivity contribution in [2.75, 3.05) is 23.2 Å². The van der Waals surface area contributed by atoms with Gasteiger partial charge in [-0.25, -0.2) is 17.6 Å². The summed E-state index contributed by atoms with van der Waals surface area (Å²) >= 11 is 5.80. The van der Waals surface area contributed by atoms with Crippen LogP contribution in [0.5, 0.6) is 0 Å². The van der Waals surface area contributed by atoms with Crippen molar-refractivity contribution in [1.29, 1.82) is 0 Å². The quantitative estimate of drug-likeness (QED) is 0.524. The normalized spacial score (nSPS) is 13.3. The molecule has 9 heteroatoms. The zero-order chi connectivity index (χ0) is 20.5. The third-order valence-electron chi connectivity index (χ3n) is 4.44. The van der Waals surface area contributed by atoms with E-state index in [9.17, 15) is 22.4 Å². The average molecular weight is 426 g/mol. The van der Waals surface area contributed by atoms with Crippen LogP contribution >= 0.6 is 11.6 Å². The van der Waals surface area contributed by atoms with Crippen molar-refractivity contribution in [3.63, 3.8) is 0 Å². The Morgan fingerprint density at radius 1 is 1.21 bits per heavy atom. The smallest absolute Gasteiger partial charge is 0.340 e. The number of sulfonamides is 1. The maximum absolute atomic E-state index is 13.0. The fourth-order valence-corrected chi connectivity index (χ4v) is 4.34. The van der Waals surface area contributed by atoms with Gasteiger partial charge >= 0.3 is 5.97 Å². The minimum Gasteiger partial charge on any atom is -0.454 e. The molecule has 28 heavy (non-hydrogen) atoms. The minimum absolute atomic E-state index is 0.00494. The van der Waals surface area contributed by atoms with Gasteiger partial charge in [0.1, 0.15) is 5.82 Å². The third kappa shape index (κ3) is 4.02. The standard InChI is InChI=1S/C19H17ClFNO5S/c1-2-28(25,26)22-8-7-12-9-13(3-6-17(12)22)18(23)11-27-19(24)15-5-4-14(21)10-16(15)20/h3-6,9-10H,2,7-8,11H2,1H3. The first-order valence-corrected chi connectivity index (χ1v) is 10.5. The number of carbonyl (C=O) groups is 2. The van der Waals surface area contributed by atoms with Crippen molar-refractivity contribution in [3.8, 4) is 0 Å². The monoisotopic (exact) mass is 425 g/mol. The van der Waals surface area contributed by atoms with Gasteiger partial charge in [-0.2, -0.15) is 0 Å². The van der Waals surface area contributed by atoms with Gasteiger partial charge in [-0.05, 0) is 55.3 Å². The number of Topliss-reactive ketones (excluding diaryl/α,β-unsaturated/α-hetero) is 1. The molecule has 0 spiro atoms. The molecule has 2 aromatic rings. The molecule has 0 unspecified atom stereocenters. The first-order valence-electron chi connectivity index (χ1n) is 8.51. The van der Waals surface area contributed by atoms with Crippen LogP contribution in [0.25, 0.3) is 0 Å². The molecule has 0 fully saturated rings. The number of benzene rings is 2. The number of carbonyl (C=O) groups excluding carboxylic acids is 2. The van der Waals surface area contributed by atoms with Crippen molar-refractivity contribution < 1.29 is 27.1 Å². The van der Waals surface area contributed by atoms with Crippen LogP contribution in [0.1, 0.15) is 33.2 Å². The molecule has 6 nitrogen and oxygen atoms in total. The number of ketones is 1. The predicted octanol–water partition coefficient (Wildman–Crippen LogP) is 3.23. The Morgan fingerprint density at radius 3 is 2.64 bits per heavy atom. The molecule has 3 rings (SSSR count). The highest BCUT2D eigenvalue weighted by Gasteiger charge is 2.28. The highest BCUT2D eigenvalue weighted by atomic mass is 35.5. The van der Waals surface area contributed by atoms with Gasteiger partial charge in [0, 0.05) is 12.1 Å². The molecular formula is C19H17ClFNO5S. The molecule has 2 aromatic carbocycles. The SMILES string of the molecule is CCS(=O)(=O)N1CCc2cc(C(=O)COC(=O)c3ccc(F)cc3Cl)ccc21. The van der Waals surface area contributed by atoms with E-state index in [1.165, 1.54) is 16.4 Å². The number of ether oxygens (including phenoxy) is 1. The van der Waals surface area contributed by atoms with Crippen LogP contribution in [0.4, 0.5) is 10.1 Å². The van der Waals surface area contributed by atoms with Gasteiger partial charge in [0.25, 0.3) is 0 Å². The topological polar surface area (TPSA) is 80.8 Å². The Kier molecular flexibility index (Phi) is 5.71. The van der Waals surface area contributed by atoms with E-state index in [1.54, 1.807) is 19.1 Å². The first kappa shape index (κ1) is 20.3. The van der Waals surface area contributed by atoms with Gasteiger partial charge in [0.2, 0.25) is 10.0 Å². The highest BCUT2D eigenvalue weighted by molar-refractivity contribution is 7.92. The van der Waals surface area contributed by atoms with Gasteiger partial charge in [0.05, 0.1) is 22.0 Å². The third-order valence-corrected chi connectivity index (χ3v) is 6.53. The summed E-state index contributed by atoms with van der Waals surface area (Å²) in [5, 5.41) is -0.104. The van der Waals surface area contributed by atoms with Crippen LogP contribution < -0.4 is 4.31 Å². The van der Waals surface area contributed by atoms with Crippen molar-refractivity contribution in [2.45, 2.75) is 13.3 Å². The van der Waals surface area contributed by atoms with E-state index in [2.05, 4.69) is 0 Å². The Morgan fingerprint density at radius 2 is 1.96 bits per heavy atom. The minimum atomic E-state index is -3.36. The molecule has 1 aliphatic heterocycles. The maximum Gasteiger partial charge on any atom is 0.340 e. The molecule has 0 radical (unpaired) electrons. The number of anilines is 1. The van der Waals surface area contributed by atoms with Crippen LogP contribution in [0, 0.1) is 5.82 Å². The highest BCUT2D eigenvalue weighted by Crippen LogP contribution is 2.31. The molecule has 0 bridgehead atoms. The molecule has 0 amide bonds. The second-order valence-electron chi connectivity index (χ2n) is 6.19. The molecular weight excluding hydrogens is 409 g/mol. The van der Waals surface area contributed by atoms with E-state index in [-0.39, 0.29) is 16.3 Å². The van der Waals surface area contributed by atoms with Gasteiger partial charge in [-0.3, -0.25) is 9.10 Å². The zero-order valence-electron chi connectivity index (χ0n) is 14.9. The van der Waals surface area contributed by atoms with E-state index < -0.39 is 34.2 Å². The van der Waals surface area contributed by atoms with Crippen molar-refractivity contribution in [3.05, 3.63) is 63.9 Å². The number of fused-ring (bicyclic) bond motifs is 1. The molecule has 0 atom stereocenters. The Hall–Kier alpha value is -2.45. The first-order chi connectivity index (χ1) is 13.2. The van der Waals surface area contributed by atoms with E-state index in [4.69, 9.17) is 16.3 Å². The molecule has 1 heterocycles. The van der Waals surface area contributed by atoms with Crippen LogP contribution in [-0.2, 0) is 21.2 Å². The molecule has 1 aliphatic rings. The van der Waals surface area contributed by atoms with Crippen LogP contribution in [0.15, 0.2) is 36.4 Å². The van der Waals surface area contributed by atoms with Crippen molar-refractivity contribution in [2.24, 2.45) is 0 Å². The Labute approximate surface area is 166 Å². The molecule has 148 valence electrons. The lowest BCUT2D eigenvalue weighted by molar-refractivity contribution is 0.0475. The van der Waals surface area contributed by atoms with Gasteiger partial charge in [-0.1, -0.05) is 11.6 Å². The Balaban J connectivity index is 1.70. The number of nitrogens with zero attached hydrogens (tertiary/aromatic N) is 1. The molecule has 0 N–H and O–H groups in total.